The van der Waals surface area contributed by atoms with E-state index in [1.807, 2.05) is 0 Å². The summed E-state index contributed by atoms with van der Waals surface area (Å²) in [6.45, 7) is 3.72. The number of pyridine rings is 1. The number of para-hydroxylation sites is 1. The average molecular weight is 726 g/mol. The van der Waals surface area contributed by atoms with E-state index in [0.717, 1.165) is 44.3 Å². The Morgan fingerprint density at radius 2 is 1.64 bits per heavy atom. The molecule has 7 rings (SSSR count). The molecule has 1 aliphatic rings. The molecule has 1 N–H and O–H groups in total. The predicted octanol–water partition coefficient (Wildman–Crippen LogP) is 9.31. The van der Waals surface area contributed by atoms with Crippen molar-refractivity contribution in [2.24, 2.45) is 0 Å². The molecule has 3 heterocycles. The summed E-state index contributed by atoms with van der Waals surface area (Å²) < 4.78 is 72.5. The van der Waals surface area contributed by atoms with Gasteiger partial charge < -0.3 is 24.4 Å². The zero-order valence-corrected chi connectivity index (χ0v) is 28.8. The van der Waals surface area contributed by atoms with E-state index in [1.54, 1.807) is 36.4 Å². The highest BCUT2D eigenvalue weighted by Gasteiger charge is 2.30. The van der Waals surface area contributed by atoms with Gasteiger partial charge in [0.1, 0.15) is 5.52 Å². The van der Waals surface area contributed by atoms with E-state index in [-0.39, 0.29) is 22.7 Å². The molecular formula is C40H35F4N5O4. The molecule has 0 saturated carbocycles. The minimum absolute atomic E-state index is 0.117. The van der Waals surface area contributed by atoms with Crippen LogP contribution < -0.4 is 19.5 Å². The molecule has 2 aromatic heterocycles. The monoisotopic (exact) mass is 725 g/mol. The van der Waals surface area contributed by atoms with Crippen molar-refractivity contribution in [3.8, 4) is 34.3 Å². The van der Waals surface area contributed by atoms with Crippen LogP contribution in [-0.4, -0.2) is 59.3 Å². The number of amides is 1. The number of ether oxygens (including phenoxy) is 3. The molecule has 272 valence electrons. The van der Waals surface area contributed by atoms with E-state index in [4.69, 9.17) is 14.2 Å². The van der Waals surface area contributed by atoms with Gasteiger partial charge in [0, 0.05) is 35.3 Å². The Kier molecular flexibility index (Phi) is 10.4. The number of carbonyl (C=O) groups is 1. The van der Waals surface area contributed by atoms with Gasteiger partial charge in [-0.2, -0.15) is 23.4 Å². The first-order chi connectivity index (χ1) is 25.7. The van der Waals surface area contributed by atoms with Crippen LogP contribution in [0.1, 0.15) is 41.6 Å². The standard InChI is InChI=1S/C40H35F4N5O4/c1-51-36-22-30-34(23-37(36)52-19-7-18-49-16-5-2-6-17-49)48-45-24-38(30)53-35-15-14-27(20-31(35)41)46-39(50)29-21-33(47-32-9-4-3-8-28(29)32)25-10-12-26(13-11-25)40(42,43)44/h3-4,8-15,20-24H,2,5-7,16-19H2,1H3,(H,46,50). The largest absolute Gasteiger partial charge is 0.493 e. The van der Waals surface area contributed by atoms with Crippen molar-refractivity contribution in [2.45, 2.75) is 31.9 Å². The summed E-state index contributed by atoms with van der Waals surface area (Å²) in [6.07, 6.45) is 1.51. The number of likely N-dealkylation sites (tertiary alicyclic amines) is 1. The van der Waals surface area contributed by atoms with Crippen LogP contribution in [0, 0.1) is 5.82 Å². The fourth-order valence-corrected chi connectivity index (χ4v) is 6.37. The van der Waals surface area contributed by atoms with Crippen molar-refractivity contribution in [2.75, 3.05) is 38.7 Å². The van der Waals surface area contributed by atoms with Crippen molar-refractivity contribution >= 4 is 33.4 Å². The fourth-order valence-electron chi connectivity index (χ4n) is 6.37. The lowest BCUT2D eigenvalue weighted by Crippen LogP contribution is -2.31. The Bertz CT molecular complexity index is 2260. The molecular weight excluding hydrogens is 690 g/mol. The smallest absolute Gasteiger partial charge is 0.416 e. The van der Waals surface area contributed by atoms with Crippen molar-refractivity contribution in [1.82, 2.24) is 20.1 Å². The maximum atomic E-state index is 15.5. The van der Waals surface area contributed by atoms with E-state index in [2.05, 4.69) is 25.4 Å². The molecule has 0 radical (unpaired) electrons. The van der Waals surface area contributed by atoms with Crippen molar-refractivity contribution in [3.63, 3.8) is 0 Å². The molecule has 0 bridgehead atoms. The van der Waals surface area contributed by atoms with Gasteiger partial charge in [0.05, 0.1) is 47.6 Å². The molecule has 1 fully saturated rings. The summed E-state index contributed by atoms with van der Waals surface area (Å²) in [4.78, 5) is 20.6. The van der Waals surface area contributed by atoms with Crippen molar-refractivity contribution in [1.29, 1.82) is 0 Å². The lowest BCUT2D eigenvalue weighted by Gasteiger charge is -2.26. The van der Waals surface area contributed by atoms with Crippen LogP contribution in [0.25, 0.3) is 33.1 Å². The normalized spacial score (nSPS) is 13.6. The molecule has 1 saturated heterocycles. The van der Waals surface area contributed by atoms with Crippen LogP contribution in [0.3, 0.4) is 0 Å². The first-order valence-corrected chi connectivity index (χ1v) is 17.2. The van der Waals surface area contributed by atoms with E-state index in [1.165, 1.54) is 62.9 Å². The number of carbonyl (C=O) groups excluding carboxylic acids is 1. The molecule has 0 unspecified atom stereocenters. The third kappa shape index (κ3) is 8.15. The first-order valence-electron chi connectivity index (χ1n) is 17.2. The second-order valence-electron chi connectivity index (χ2n) is 12.7. The quantitative estimate of drug-likeness (QED) is 0.104. The summed E-state index contributed by atoms with van der Waals surface area (Å²) in [5.41, 5.74) is 1.20. The van der Waals surface area contributed by atoms with E-state index < -0.39 is 23.5 Å². The Morgan fingerprint density at radius 3 is 2.40 bits per heavy atom. The third-order valence-corrected chi connectivity index (χ3v) is 9.09. The third-order valence-electron chi connectivity index (χ3n) is 9.09. The summed E-state index contributed by atoms with van der Waals surface area (Å²) in [5, 5.41) is 12.0. The van der Waals surface area contributed by atoms with Gasteiger partial charge in [-0.1, -0.05) is 36.8 Å². The molecule has 0 atom stereocenters. The molecule has 0 aliphatic carbocycles. The molecule has 4 aromatic carbocycles. The van der Waals surface area contributed by atoms with Crippen molar-refractivity contribution in [3.05, 3.63) is 108 Å². The van der Waals surface area contributed by atoms with Crippen LogP contribution in [0.4, 0.5) is 23.2 Å². The van der Waals surface area contributed by atoms with Gasteiger partial charge in [0.25, 0.3) is 5.91 Å². The number of aromatic nitrogens is 3. The van der Waals surface area contributed by atoms with E-state index in [0.29, 0.717) is 51.2 Å². The van der Waals surface area contributed by atoms with Gasteiger partial charge in [-0.25, -0.2) is 9.37 Å². The Labute approximate surface area is 302 Å². The first kappa shape index (κ1) is 35.6. The zero-order valence-electron chi connectivity index (χ0n) is 28.8. The molecule has 13 heteroatoms. The number of nitrogens with one attached hydrogen (secondary N) is 1. The van der Waals surface area contributed by atoms with Gasteiger partial charge in [0.15, 0.2) is 28.8 Å². The number of halogens is 4. The summed E-state index contributed by atoms with van der Waals surface area (Å²) in [7, 11) is 1.54. The van der Waals surface area contributed by atoms with Crippen LogP contribution in [0.5, 0.6) is 23.0 Å². The highest BCUT2D eigenvalue weighted by molar-refractivity contribution is 6.13. The Balaban J connectivity index is 1.07. The van der Waals surface area contributed by atoms with E-state index in [9.17, 15) is 18.0 Å². The Morgan fingerprint density at radius 1 is 0.849 bits per heavy atom. The number of alkyl halides is 3. The van der Waals surface area contributed by atoms with Crippen molar-refractivity contribution < 1.29 is 36.6 Å². The highest BCUT2D eigenvalue weighted by atomic mass is 19.4. The maximum Gasteiger partial charge on any atom is 0.416 e. The molecule has 1 amide bonds. The van der Waals surface area contributed by atoms with Crippen LogP contribution in [0.15, 0.2) is 91.1 Å². The van der Waals surface area contributed by atoms with Crippen LogP contribution in [0.2, 0.25) is 0 Å². The van der Waals surface area contributed by atoms with Crippen LogP contribution >= 0.6 is 0 Å². The number of anilines is 1. The SMILES string of the molecule is COc1cc2c(Oc3ccc(NC(=O)c4cc(-c5ccc(C(F)(F)F)cc5)nc5ccccc45)cc3F)cnnc2cc1OCCCN1CCCCC1. The molecule has 53 heavy (non-hydrogen) atoms. The van der Waals surface area contributed by atoms with Crippen LogP contribution in [-0.2, 0) is 6.18 Å². The number of methoxy groups -OCH3 is 1. The molecule has 6 aromatic rings. The molecule has 1 aliphatic heterocycles. The highest BCUT2D eigenvalue weighted by Crippen LogP contribution is 2.38. The zero-order chi connectivity index (χ0) is 37.0. The maximum absolute atomic E-state index is 15.5. The second kappa shape index (κ2) is 15.4. The van der Waals surface area contributed by atoms with Gasteiger partial charge in [-0.3, -0.25) is 4.79 Å². The fraction of sp³-hybridized carbons (Fsp3) is 0.250. The number of hydrogen-bond donors (Lipinski definition) is 1. The minimum atomic E-state index is -4.49. The molecule has 0 spiro atoms. The average Bonchev–Trinajstić information content (AvgIpc) is 3.17. The topological polar surface area (TPSA) is 98.7 Å². The summed E-state index contributed by atoms with van der Waals surface area (Å²) in [6, 6.07) is 20.3. The number of fused-ring (bicyclic) bond motifs is 2. The van der Waals surface area contributed by atoms with Gasteiger partial charge in [-0.05, 0) is 74.8 Å². The van der Waals surface area contributed by atoms with Gasteiger partial charge in [-0.15, -0.1) is 0 Å². The molecule has 9 nitrogen and oxygen atoms in total. The van der Waals surface area contributed by atoms with Gasteiger partial charge in [0.2, 0.25) is 0 Å². The number of rotatable bonds is 11. The second-order valence-corrected chi connectivity index (χ2v) is 12.7. The summed E-state index contributed by atoms with van der Waals surface area (Å²) >= 11 is 0. The minimum Gasteiger partial charge on any atom is -0.493 e. The number of nitrogens with zero attached hydrogens (tertiary/aromatic N) is 4. The number of hydrogen-bond acceptors (Lipinski definition) is 8. The summed E-state index contributed by atoms with van der Waals surface area (Å²) in [5.74, 6) is -0.209. The predicted molar refractivity (Wildman–Crippen MR) is 193 cm³/mol. The lowest BCUT2D eigenvalue weighted by molar-refractivity contribution is -0.137. The number of benzene rings is 4. The number of piperidine rings is 1. The van der Waals surface area contributed by atoms with Gasteiger partial charge >= 0.3 is 6.18 Å². The van der Waals surface area contributed by atoms with E-state index >= 15 is 4.39 Å². The lowest BCUT2D eigenvalue weighted by atomic mass is 10.0. The Hall–Kier alpha value is -5.82.